The Bertz CT molecular complexity index is 2640. The molecular formula is C56H94N4O41. The number of carbonyl (C=O) groups is 4. The van der Waals surface area contributed by atoms with Gasteiger partial charge in [0.2, 0.25) is 23.6 Å². The van der Waals surface area contributed by atoms with E-state index in [4.69, 9.17) is 71.1 Å². The number of hydrogen-bond acceptors (Lipinski definition) is 41. The number of aliphatic hydroxyl groups is 22. The topological polar surface area (TPSA) is 700 Å². The summed E-state index contributed by atoms with van der Waals surface area (Å²) in [5.74, 6) is -3.37. The number of rotatable bonds is 26. The van der Waals surface area contributed by atoms with Gasteiger partial charge in [-0.3, -0.25) is 19.2 Å². The summed E-state index contributed by atoms with van der Waals surface area (Å²) in [5, 5.41) is 252. The number of carbonyl (C=O) groups excluding carboxylic acids is 4. The number of ether oxygens (including phenoxy) is 15. The van der Waals surface area contributed by atoms with Crippen molar-refractivity contribution >= 4 is 23.6 Å². The van der Waals surface area contributed by atoms with Crippen LogP contribution >= 0.6 is 0 Å². The first-order valence-corrected chi connectivity index (χ1v) is 32.1. The molecule has 8 heterocycles. The highest BCUT2D eigenvalue weighted by molar-refractivity contribution is 5.74. The molecule has 1 unspecified atom stereocenters. The maximum atomic E-state index is 12.9. The lowest BCUT2D eigenvalue weighted by Gasteiger charge is -2.51. The van der Waals surface area contributed by atoms with E-state index in [1.54, 1.807) is 0 Å². The summed E-state index contributed by atoms with van der Waals surface area (Å²) in [5.41, 5.74) is 0. The Morgan fingerprint density at radius 1 is 0.257 bits per heavy atom. The minimum Gasteiger partial charge on any atom is -0.394 e. The van der Waals surface area contributed by atoms with Gasteiger partial charge >= 0.3 is 0 Å². The fourth-order valence-electron chi connectivity index (χ4n) is 13.0. The smallest absolute Gasteiger partial charge is 0.217 e. The van der Waals surface area contributed by atoms with Crippen LogP contribution in [0.15, 0.2) is 0 Å². The second-order valence-electron chi connectivity index (χ2n) is 25.4. The van der Waals surface area contributed by atoms with Crippen LogP contribution in [-0.4, -0.2) is 434 Å². The molecule has 0 spiro atoms. The first-order valence-electron chi connectivity index (χ1n) is 32.1. The van der Waals surface area contributed by atoms with Crippen molar-refractivity contribution < 1.29 is 203 Å². The molecule has 45 heteroatoms. The monoisotopic (exact) mass is 1480 g/mol. The van der Waals surface area contributed by atoms with Crippen LogP contribution in [-0.2, 0) is 90.2 Å². The minimum absolute atomic E-state index is 0.764. The van der Waals surface area contributed by atoms with Crippen molar-refractivity contribution in [2.24, 2.45) is 0 Å². The number of amides is 4. The third-order valence-corrected chi connectivity index (χ3v) is 18.2. The van der Waals surface area contributed by atoms with Gasteiger partial charge in [-0.25, -0.2) is 0 Å². The van der Waals surface area contributed by atoms with Gasteiger partial charge in [0.25, 0.3) is 0 Å². The van der Waals surface area contributed by atoms with Crippen LogP contribution in [0.2, 0.25) is 0 Å². The van der Waals surface area contributed by atoms with E-state index in [1.165, 1.54) is 0 Å². The molecule has 45 nitrogen and oxygen atoms in total. The number of aliphatic hydroxyl groups excluding tert-OH is 22. The van der Waals surface area contributed by atoms with E-state index in [1.807, 2.05) is 0 Å². The van der Waals surface area contributed by atoms with Crippen LogP contribution < -0.4 is 21.3 Å². The maximum Gasteiger partial charge on any atom is 0.217 e. The molecule has 0 aromatic rings. The van der Waals surface area contributed by atoms with E-state index in [-0.39, 0.29) is 0 Å². The van der Waals surface area contributed by atoms with Gasteiger partial charge in [-0.2, -0.15) is 0 Å². The van der Waals surface area contributed by atoms with Crippen molar-refractivity contribution in [2.45, 2.75) is 273 Å². The summed E-state index contributed by atoms with van der Waals surface area (Å²) >= 11 is 0. The quantitative estimate of drug-likeness (QED) is 0.0382. The average molecular weight is 1480 g/mol. The normalized spacial score (nSPS) is 48.3. The van der Waals surface area contributed by atoms with Crippen LogP contribution in [0.25, 0.3) is 0 Å². The van der Waals surface area contributed by atoms with Crippen molar-refractivity contribution in [1.82, 2.24) is 21.3 Å². The molecule has 0 aromatic carbocycles. The molecule has 584 valence electrons. The van der Waals surface area contributed by atoms with Crippen molar-refractivity contribution in [3.05, 3.63) is 0 Å². The lowest BCUT2D eigenvalue weighted by atomic mass is 9.93. The molecule has 101 heavy (non-hydrogen) atoms. The maximum absolute atomic E-state index is 12.9. The van der Waals surface area contributed by atoms with E-state index in [0.29, 0.717) is 0 Å². The molecular weight excluding hydrogens is 1380 g/mol. The molecule has 0 aromatic heterocycles. The van der Waals surface area contributed by atoms with Gasteiger partial charge in [-0.1, -0.05) is 0 Å². The van der Waals surface area contributed by atoms with Crippen LogP contribution in [0.4, 0.5) is 0 Å². The van der Waals surface area contributed by atoms with Crippen molar-refractivity contribution in [3.8, 4) is 0 Å². The average Bonchev–Trinajstić information content (AvgIpc) is 0.777. The van der Waals surface area contributed by atoms with Gasteiger partial charge in [0.1, 0.15) is 195 Å². The molecule has 4 amide bonds. The van der Waals surface area contributed by atoms with Gasteiger partial charge in [0.15, 0.2) is 50.3 Å². The Morgan fingerprint density at radius 2 is 0.535 bits per heavy atom. The van der Waals surface area contributed by atoms with Crippen LogP contribution in [0, 0.1) is 0 Å². The Balaban J connectivity index is 1.10. The summed E-state index contributed by atoms with van der Waals surface area (Å²) in [6.07, 6.45) is -72.4. The molecule has 8 fully saturated rings. The summed E-state index contributed by atoms with van der Waals surface area (Å²) in [6, 6.07) is -6.98. The molecule has 8 rings (SSSR count). The van der Waals surface area contributed by atoms with E-state index < -0.39 is 322 Å². The Kier molecular flexibility index (Phi) is 29.9. The third-order valence-electron chi connectivity index (χ3n) is 18.2. The second kappa shape index (κ2) is 36.3. The lowest BCUT2D eigenvalue weighted by Crippen LogP contribution is -2.70. The van der Waals surface area contributed by atoms with E-state index >= 15 is 0 Å². The molecule has 0 bridgehead atoms. The molecule has 8 aliphatic rings. The van der Waals surface area contributed by atoms with Crippen molar-refractivity contribution in [1.29, 1.82) is 0 Å². The molecule has 40 atom stereocenters. The Labute approximate surface area is 572 Å². The second-order valence-corrected chi connectivity index (χ2v) is 25.4. The first-order chi connectivity index (χ1) is 47.8. The molecule has 8 aliphatic heterocycles. The summed E-state index contributed by atoms with van der Waals surface area (Å²) in [4.78, 5) is 49.9. The summed E-state index contributed by atoms with van der Waals surface area (Å²) in [6.45, 7) is -4.40. The zero-order valence-electron chi connectivity index (χ0n) is 54.3. The molecule has 0 saturated carbocycles. The van der Waals surface area contributed by atoms with Crippen molar-refractivity contribution in [3.63, 3.8) is 0 Å². The van der Waals surface area contributed by atoms with E-state index in [2.05, 4.69) is 21.3 Å². The first kappa shape index (κ1) is 83.0. The van der Waals surface area contributed by atoms with E-state index in [9.17, 15) is 132 Å². The third kappa shape index (κ3) is 18.5. The molecule has 8 saturated heterocycles. The summed E-state index contributed by atoms with van der Waals surface area (Å²) < 4.78 is 88.0. The largest absolute Gasteiger partial charge is 0.394 e. The highest BCUT2D eigenvalue weighted by atomic mass is 16.8. The Morgan fingerprint density at radius 3 is 0.970 bits per heavy atom. The summed E-state index contributed by atoms with van der Waals surface area (Å²) in [7, 11) is 0. The van der Waals surface area contributed by atoms with Crippen molar-refractivity contribution in [2.75, 3.05) is 52.9 Å². The fraction of sp³-hybridized carbons (Fsp3) is 0.929. The zero-order valence-corrected chi connectivity index (χ0v) is 54.3. The van der Waals surface area contributed by atoms with Gasteiger partial charge in [-0.05, 0) is 0 Å². The molecule has 0 radical (unpaired) electrons. The highest BCUT2D eigenvalue weighted by Gasteiger charge is 2.60. The Hall–Kier alpha value is -3.60. The van der Waals surface area contributed by atoms with Gasteiger partial charge in [0, 0.05) is 27.7 Å². The predicted octanol–water partition coefficient (Wildman–Crippen LogP) is -17.9. The fourth-order valence-corrected chi connectivity index (χ4v) is 13.0. The molecule has 0 aliphatic carbocycles. The van der Waals surface area contributed by atoms with Gasteiger partial charge in [-0.15, -0.1) is 0 Å². The molecule has 26 N–H and O–H groups in total. The van der Waals surface area contributed by atoms with Gasteiger partial charge < -0.3 is 205 Å². The SMILES string of the molecule is CC(=O)N[C@H]1[C@H](O[C@H]2[C@H](O)[C@@H](NC(C)=O)C(O)O[C@@H]2CO)O[C@H](CO)[C@@H](O[C@@H]2O[C@H](CO[C@H]3O[C@H](CO)[C@@H](O)[C@H](O)[C@@H]3O[C@@H]3O[C@H](CO)[C@@H](O[C@@H]4O[C@H](CO)[C@H](O)[C@H](O)[C@H]4O)[C@H](O)[C@H]3NC(C)=O)[C@@H](O)[C@H](O[C@H]3O[C@H](CO)[C@@H](O[C@@H]4O[C@H](CO)[C@@H](O)[C@H](O)[C@H]4NC(C)=O)[C@H](O)[C@@H]3O)[C@@H]2O)[C@@H]1O. The lowest BCUT2D eigenvalue weighted by molar-refractivity contribution is -0.392. The van der Waals surface area contributed by atoms with Crippen LogP contribution in [0.1, 0.15) is 27.7 Å². The highest BCUT2D eigenvalue weighted by Crippen LogP contribution is 2.39. The number of hydrogen-bond donors (Lipinski definition) is 26. The minimum atomic E-state index is -2.46. The van der Waals surface area contributed by atoms with Gasteiger partial charge in [0.05, 0.1) is 52.9 Å². The predicted molar refractivity (Wildman–Crippen MR) is 311 cm³/mol. The number of nitrogens with one attached hydrogen (secondary N) is 4. The van der Waals surface area contributed by atoms with Crippen LogP contribution in [0.3, 0.4) is 0 Å². The zero-order chi connectivity index (χ0) is 74.5. The van der Waals surface area contributed by atoms with E-state index in [0.717, 1.165) is 27.7 Å². The standard InChI is InChI=1S/C56H94N4O41/c1-13(68)57-25-34(77)43(20(8-64)88-49(25)86)96-51-27(59-15(3)70)35(78)45(22(10-66)92-51)99-55-42(85)47(100-54-41(84)39(82)46(23(11-67)94-54)97-50-26(58-14(2)69)33(76)29(72)17(5-61)89-50)32(75)24(95-55)12-87-56-48(38(81)31(74)19(7-63)91-56)101-52-28(60-16(4)71)36(79)44(21(9-65)93-52)98-53-40(83)37(80)30(73)18(6-62)90-53/h17-56,61-67,72-86H,5-12H2,1-4H3,(H,57,68)(H,58,69)(H,59,70)(H,60,71)/t17-,18-,19-,20-,21-,22-,23-,24-,25-,26-,27-,28-,29-,30+,31-,32-,33-,34-,35-,36-,37+,38+,39-,40-,41+,42+,43-,44-,45-,46-,47+,48+,49?,50+,51+,52+,53+,54-,55+,56+/m1/s1. The van der Waals surface area contributed by atoms with Crippen LogP contribution in [0.5, 0.6) is 0 Å².